The number of β-lactam (4-membered cyclic amide) rings is 1. The number of nitrogens with two attached hydrogens (primary N) is 1. The van der Waals surface area contributed by atoms with Gasteiger partial charge >= 0.3 is 5.97 Å². The Morgan fingerprint density at radius 3 is 2.93 bits per heavy atom. The summed E-state index contributed by atoms with van der Waals surface area (Å²) in [5.74, 6) is -1.03. The summed E-state index contributed by atoms with van der Waals surface area (Å²) in [6, 6.07) is 0. The van der Waals surface area contributed by atoms with E-state index in [1.807, 2.05) is 0 Å². The van der Waals surface area contributed by atoms with Crippen molar-refractivity contribution < 1.29 is 14.7 Å². The molecule has 0 spiro atoms. The maximum absolute atomic E-state index is 11.2. The molecule has 2 unspecified atom stereocenters. The predicted molar refractivity (Wildman–Crippen MR) is 56.0 cm³/mol. The number of carbonyl (C=O) groups is 2. The molecule has 2 rings (SSSR count). The van der Waals surface area contributed by atoms with Gasteiger partial charge in [0.2, 0.25) is 5.91 Å². The molecule has 2 heterocycles. The van der Waals surface area contributed by atoms with Crippen LogP contribution in [-0.2, 0) is 9.59 Å². The van der Waals surface area contributed by atoms with Crippen molar-refractivity contribution in [3.8, 4) is 0 Å². The van der Waals surface area contributed by atoms with E-state index in [2.05, 4.69) is 6.58 Å². The molecule has 0 saturated carbocycles. The molecule has 0 radical (unpaired) electrons. The number of hydrogen-bond donors (Lipinski definition) is 2. The minimum absolute atomic E-state index is 0.00752. The molecule has 0 bridgehead atoms. The first-order valence-corrected chi connectivity index (χ1v) is 5.53. The summed E-state index contributed by atoms with van der Waals surface area (Å²) in [5, 5.41) is 8.69. The molecule has 0 aromatic heterocycles. The topological polar surface area (TPSA) is 83.6 Å². The second-order valence-electron chi connectivity index (χ2n) is 3.79. The third-order valence-electron chi connectivity index (χ3n) is 3.02. The number of fused-ring (bicyclic) bond motifs is 1. The van der Waals surface area contributed by atoms with Crippen molar-refractivity contribution in [1.82, 2.24) is 4.90 Å². The fraction of sp³-hybridized carbons (Fsp3) is 0.556. The van der Waals surface area contributed by atoms with E-state index in [-0.39, 0.29) is 17.8 Å². The number of carboxylic acids is 1. The molecule has 1 amide bonds. The lowest BCUT2D eigenvalue weighted by molar-refractivity contribution is -0.153. The molecule has 6 heteroatoms. The van der Waals surface area contributed by atoms with Crippen LogP contribution in [0, 0.1) is 5.41 Å². The summed E-state index contributed by atoms with van der Waals surface area (Å²) in [7, 11) is 0. The Labute approximate surface area is 91.3 Å². The smallest absolute Gasteiger partial charge is 0.317 e. The van der Waals surface area contributed by atoms with E-state index in [4.69, 9.17) is 5.73 Å². The van der Waals surface area contributed by atoms with E-state index < -0.39 is 16.8 Å². The Morgan fingerprint density at radius 2 is 2.47 bits per heavy atom. The highest BCUT2D eigenvalue weighted by atomic mass is 32.2. The second kappa shape index (κ2) is 3.24. The minimum Gasteiger partial charge on any atom is -0.480 e. The Morgan fingerprint density at radius 1 is 1.80 bits per heavy atom. The molecular weight excluding hydrogens is 216 g/mol. The standard InChI is InChI=1S/C9H12N2O3S/c1-2-9(8(13)14)4-11-5(12)3-6(11)15-7(9)10/h2,6-7H,1,3-4,10H2,(H,13,14)/t6-,7?,9?/m1/s1. The fourth-order valence-corrected chi connectivity index (χ4v) is 3.29. The Hall–Kier alpha value is -1.01. The van der Waals surface area contributed by atoms with Crippen molar-refractivity contribution in [3.63, 3.8) is 0 Å². The van der Waals surface area contributed by atoms with Crippen LogP contribution in [0.2, 0.25) is 0 Å². The number of carboxylic acid groups (broad SMARTS) is 1. The van der Waals surface area contributed by atoms with Crippen molar-refractivity contribution >= 4 is 23.6 Å². The molecule has 3 N–H and O–H groups in total. The third-order valence-corrected chi connectivity index (χ3v) is 4.47. The number of hydrogen-bond acceptors (Lipinski definition) is 4. The Kier molecular flexibility index (Phi) is 2.27. The van der Waals surface area contributed by atoms with Crippen LogP contribution in [0.3, 0.4) is 0 Å². The van der Waals surface area contributed by atoms with Gasteiger partial charge in [0.25, 0.3) is 0 Å². The highest BCUT2D eigenvalue weighted by molar-refractivity contribution is 8.00. The zero-order chi connectivity index (χ0) is 11.2. The van der Waals surface area contributed by atoms with Crippen LogP contribution in [0.5, 0.6) is 0 Å². The first-order chi connectivity index (χ1) is 7.01. The number of aliphatic carboxylic acids is 1. The predicted octanol–water partition coefficient (Wildman–Crippen LogP) is -0.167. The van der Waals surface area contributed by atoms with Gasteiger partial charge in [-0.05, 0) is 0 Å². The van der Waals surface area contributed by atoms with Crippen LogP contribution in [0.1, 0.15) is 6.42 Å². The van der Waals surface area contributed by atoms with Crippen LogP contribution in [-0.4, -0.2) is 39.2 Å². The van der Waals surface area contributed by atoms with Gasteiger partial charge in [0.15, 0.2) is 0 Å². The number of thioether (sulfide) groups is 1. The fourth-order valence-electron chi connectivity index (χ4n) is 1.86. The van der Waals surface area contributed by atoms with Gasteiger partial charge in [-0.3, -0.25) is 9.59 Å². The van der Waals surface area contributed by atoms with E-state index in [9.17, 15) is 14.7 Å². The lowest BCUT2D eigenvalue weighted by atomic mass is 9.85. The molecular formula is C9H12N2O3S. The Bertz CT molecular complexity index is 346. The summed E-state index contributed by atoms with van der Waals surface area (Å²) in [6.07, 6.45) is 1.81. The summed E-state index contributed by atoms with van der Waals surface area (Å²) in [4.78, 5) is 24.0. The van der Waals surface area contributed by atoms with Gasteiger partial charge in [-0.15, -0.1) is 18.3 Å². The summed E-state index contributed by atoms with van der Waals surface area (Å²) in [6.45, 7) is 3.67. The summed E-state index contributed by atoms with van der Waals surface area (Å²) in [5.41, 5.74) is 4.62. The quantitative estimate of drug-likeness (QED) is 0.506. The van der Waals surface area contributed by atoms with Gasteiger partial charge in [-0.25, -0.2) is 0 Å². The first-order valence-electron chi connectivity index (χ1n) is 4.59. The lowest BCUT2D eigenvalue weighted by Crippen LogP contribution is -2.65. The zero-order valence-corrected chi connectivity index (χ0v) is 8.87. The van der Waals surface area contributed by atoms with E-state index in [1.165, 1.54) is 17.8 Å². The normalized spacial score (nSPS) is 39.3. The van der Waals surface area contributed by atoms with E-state index in [1.54, 1.807) is 4.90 Å². The van der Waals surface area contributed by atoms with Crippen LogP contribution >= 0.6 is 11.8 Å². The number of rotatable bonds is 2. The molecule has 2 aliphatic rings. The second-order valence-corrected chi connectivity index (χ2v) is 5.11. The van der Waals surface area contributed by atoms with Crippen LogP contribution in [0.25, 0.3) is 0 Å². The van der Waals surface area contributed by atoms with Gasteiger partial charge in [0.05, 0.1) is 17.2 Å². The average molecular weight is 228 g/mol. The minimum atomic E-state index is -1.21. The number of carbonyl (C=O) groups excluding carboxylic acids is 1. The van der Waals surface area contributed by atoms with Crippen molar-refractivity contribution in [3.05, 3.63) is 12.7 Å². The molecule has 5 nitrogen and oxygen atoms in total. The first kappa shape index (κ1) is 10.5. The largest absolute Gasteiger partial charge is 0.480 e. The maximum atomic E-state index is 11.2. The van der Waals surface area contributed by atoms with E-state index in [0.29, 0.717) is 6.42 Å². The molecule has 15 heavy (non-hydrogen) atoms. The summed E-state index contributed by atoms with van der Waals surface area (Å²) >= 11 is 1.33. The molecule has 82 valence electrons. The van der Waals surface area contributed by atoms with Crippen molar-refractivity contribution in [2.45, 2.75) is 17.2 Å². The van der Waals surface area contributed by atoms with E-state index in [0.717, 1.165) is 0 Å². The van der Waals surface area contributed by atoms with Gasteiger partial charge in [0, 0.05) is 6.54 Å². The zero-order valence-electron chi connectivity index (χ0n) is 8.05. The molecule has 3 atom stereocenters. The monoisotopic (exact) mass is 228 g/mol. The van der Waals surface area contributed by atoms with Gasteiger partial charge in [0.1, 0.15) is 5.41 Å². The maximum Gasteiger partial charge on any atom is 0.317 e. The summed E-state index contributed by atoms with van der Waals surface area (Å²) < 4.78 is 0. The molecule has 2 fully saturated rings. The highest BCUT2D eigenvalue weighted by Gasteiger charge is 2.54. The van der Waals surface area contributed by atoms with Crippen molar-refractivity contribution in [2.24, 2.45) is 11.1 Å². The average Bonchev–Trinajstić information content (AvgIpc) is 2.17. The van der Waals surface area contributed by atoms with Gasteiger partial charge in [-0.2, -0.15) is 0 Å². The molecule has 0 aromatic carbocycles. The van der Waals surface area contributed by atoms with Crippen LogP contribution < -0.4 is 5.73 Å². The highest BCUT2D eigenvalue weighted by Crippen LogP contribution is 2.45. The van der Waals surface area contributed by atoms with Crippen molar-refractivity contribution in [2.75, 3.05) is 6.54 Å². The SMILES string of the molecule is C=CC1(C(=O)O)CN2C(=O)C[C@H]2SC1N. The number of nitrogens with zero attached hydrogens (tertiary/aromatic N) is 1. The Balaban J connectivity index is 2.28. The van der Waals surface area contributed by atoms with Gasteiger partial charge < -0.3 is 15.7 Å². The third kappa shape index (κ3) is 1.28. The molecule has 0 aliphatic carbocycles. The van der Waals surface area contributed by atoms with Gasteiger partial charge in [-0.1, -0.05) is 6.08 Å². The van der Waals surface area contributed by atoms with Crippen molar-refractivity contribution in [1.29, 1.82) is 0 Å². The molecule has 0 aromatic rings. The van der Waals surface area contributed by atoms with Crippen LogP contribution in [0.4, 0.5) is 0 Å². The van der Waals surface area contributed by atoms with Crippen LogP contribution in [0.15, 0.2) is 12.7 Å². The number of amides is 1. The molecule has 2 saturated heterocycles. The molecule has 2 aliphatic heterocycles. The van der Waals surface area contributed by atoms with E-state index >= 15 is 0 Å². The lowest BCUT2D eigenvalue weighted by Gasteiger charge is -2.51.